The van der Waals surface area contributed by atoms with Gasteiger partial charge in [-0.15, -0.1) is 0 Å². The molecular formula is C12H22N2O5. The lowest BCUT2D eigenvalue weighted by Gasteiger charge is -2.20. The first-order valence-corrected chi connectivity index (χ1v) is 6.34. The molecule has 0 rings (SSSR count). The van der Waals surface area contributed by atoms with Gasteiger partial charge in [0.1, 0.15) is 6.61 Å². The number of hydrogen-bond acceptors (Lipinski definition) is 5. The van der Waals surface area contributed by atoms with Gasteiger partial charge in [-0.05, 0) is 6.42 Å². The summed E-state index contributed by atoms with van der Waals surface area (Å²) in [4.78, 5) is 33.1. The number of ether oxygens (including phenoxy) is 1. The quantitative estimate of drug-likeness (QED) is 0.510. The second-order valence-corrected chi connectivity index (χ2v) is 4.24. The minimum atomic E-state index is -1.13. The van der Waals surface area contributed by atoms with Crippen LogP contribution in [0.1, 0.15) is 39.5 Å². The number of carbonyl (C=O) groups is 3. The molecule has 7 heteroatoms. The van der Waals surface area contributed by atoms with Gasteiger partial charge in [-0.2, -0.15) is 0 Å². The fourth-order valence-electron chi connectivity index (χ4n) is 1.43. The molecule has 0 aromatic carbocycles. The molecule has 0 fully saturated rings. The Morgan fingerprint density at radius 2 is 1.95 bits per heavy atom. The van der Waals surface area contributed by atoms with Gasteiger partial charge >= 0.3 is 11.9 Å². The van der Waals surface area contributed by atoms with E-state index in [1.807, 2.05) is 6.92 Å². The van der Waals surface area contributed by atoms with Crippen LogP contribution < -0.4 is 11.1 Å². The molecule has 0 aliphatic heterocycles. The van der Waals surface area contributed by atoms with Crippen LogP contribution >= 0.6 is 0 Å². The van der Waals surface area contributed by atoms with Crippen LogP contribution in [0, 0.1) is 0 Å². The number of aliphatic carboxylic acids is 1. The van der Waals surface area contributed by atoms with Gasteiger partial charge in [0.25, 0.3) is 0 Å². The first-order chi connectivity index (χ1) is 8.90. The molecule has 2 atom stereocenters. The molecule has 0 saturated heterocycles. The smallest absolute Gasteiger partial charge is 0.305 e. The summed E-state index contributed by atoms with van der Waals surface area (Å²) >= 11 is 0. The summed E-state index contributed by atoms with van der Waals surface area (Å²) < 4.78 is 4.96. The van der Waals surface area contributed by atoms with E-state index in [0.717, 1.165) is 6.42 Å². The van der Waals surface area contributed by atoms with Crippen molar-refractivity contribution in [3.8, 4) is 0 Å². The molecule has 0 heterocycles. The summed E-state index contributed by atoms with van der Waals surface area (Å²) in [6, 6.07) is -1.44. The summed E-state index contributed by atoms with van der Waals surface area (Å²) in [5.41, 5.74) is 5.44. The minimum absolute atomic E-state index is 0.0754. The summed E-state index contributed by atoms with van der Waals surface area (Å²) in [6.45, 7) is 3.68. The van der Waals surface area contributed by atoms with E-state index in [1.165, 1.54) is 0 Å². The topological polar surface area (TPSA) is 119 Å². The van der Waals surface area contributed by atoms with Crippen LogP contribution in [0.15, 0.2) is 0 Å². The van der Waals surface area contributed by atoms with Crippen molar-refractivity contribution < 1.29 is 24.2 Å². The number of carboxylic acid groups (broad SMARTS) is 1. The highest BCUT2D eigenvalue weighted by atomic mass is 16.5. The standard InChI is InChI=1S/C12H22N2O5/c1-3-5-8(7-19-11(17)4-2)14-12(18)9(13)6-10(15)16/h8-9H,3-7,13H2,1-2H3,(H,14,18)(H,15,16)/t8-,9+/m0/s1. The van der Waals surface area contributed by atoms with Crippen LogP contribution in [0.25, 0.3) is 0 Å². The SMILES string of the molecule is CCC[C@@H](COC(=O)CC)NC(=O)[C@H](N)CC(=O)O. The lowest BCUT2D eigenvalue weighted by Crippen LogP contribution is -2.48. The summed E-state index contributed by atoms with van der Waals surface area (Å²) in [5.74, 6) is -2.02. The van der Waals surface area contributed by atoms with Crippen molar-refractivity contribution in [3.63, 3.8) is 0 Å². The van der Waals surface area contributed by atoms with E-state index < -0.39 is 24.3 Å². The van der Waals surface area contributed by atoms with E-state index >= 15 is 0 Å². The molecule has 0 aliphatic carbocycles. The maximum absolute atomic E-state index is 11.6. The number of hydrogen-bond donors (Lipinski definition) is 3. The van der Waals surface area contributed by atoms with E-state index in [1.54, 1.807) is 6.92 Å². The molecule has 0 aromatic rings. The molecule has 0 aliphatic rings. The van der Waals surface area contributed by atoms with Crippen LogP contribution in [0.4, 0.5) is 0 Å². The molecule has 19 heavy (non-hydrogen) atoms. The number of amides is 1. The number of carboxylic acids is 1. The van der Waals surface area contributed by atoms with Crippen LogP contribution in [-0.4, -0.2) is 41.6 Å². The largest absolute Gasteiger partial charge is 0.481 e. The third-order valence-corrected chi connectivity index (χ3v) is 2.45. The number of nitrogens with two attached hydrogens (primary N) is 1. The third kappa shape index (κ3) is 8.15. The molecular weight excluding hydrogens is 252 g/mol. The van der Waals surface area contributed by atoms with Gasteiger partial charge in [-0.3, -0.25) is 14.4 Å². The summed E-state index contributed by atoms with van der Waals surface area (Å²) in [6.07, 6.45) is 1.26. The first kappa shape index (κ1) is 17.4. The Hall–Kier alpha value is -1.63. The van der Waals surface area contributed by atoms with E-state index in [2.05, 4.69) is 5.32 Å². The maximum atomic E-state index is 11.6. The average molecular weight is 274 g/mol. The van der Waals surface area contributed by atoms with Crippen molar-refractivity contribution in [3.05, 3.63) is 0 Å². The lowest BCUT2D eigenvalue weighted by atomic mass is 10.1. The third-order valence-electron chi connectivity index (χ3n) is 2.45. The van der Waals surface area contributed by atoms with E-state index in [0.29, 0.717) is 6.42 Å². The number of esters is 1. The zero-order valence-corrected chi connectivity index (χ0v) is 11.3. The molecule has 0 bridgehead atoms. The van der Waals surface area contributed by atoms with Crippen molar-refractivity contribution in [2.75, 3.05) is 6.61 Å². The Bertz CT molecular complexity index is 319. The Labute approximate surface area is 112 Å². The zero-order valence-electron chi connectivity index (χ0n) is 11.3. The van der Waals surface area contributed by atoms with Gasteiger partial charge in [0.2, 0.25) is 5.91 Å². The number of nitrogens with one attached hydrogen (secondary N) is 1. The predicted molar refractivity (Wildman–Crippen MR) is 68.3 cm³/mol. The van der Waals surface area contributed by atoms with Crippen molar-refractivity contribution in [1.82, 2.24) is 5.32 Å². The van der Waals surface area contributed by atoms with E-state index in [9.17, 15) is 14.4 Å². The molecule has 110 valence electrons. The van der Waals surface area contributed by atoms with Gasteiger partial charge in [-0.1, -0.05) is 20.3 Å². The molecule has 0 aromatic heterocycles. The highest BCUT2D eigenvalue weighted by Crippen LogP contribution is 2.00. The molecule has 1 amide bonds. The van der Waals surface area contributed by atoms with Crippen molar-refractivity contribution in [2.24, 2.45) is 5.73 Å². The van der Waals surface area contributed by atoms with Crippen molar-refractivity contribution in [2.45, 2.75) is 51.6 Å². The molecule has 0 unspecified atom stereocenters. The highest BCUT2D eigenvalue weighted by molar-refractivity contribution is 5.86. The van der Waals surface area contributed by atoms with E-state index in [4.69, 9.17) is 15.6 Å². The molecule has 0 radical (unpaired) electrons. The van der Waals surface area contributed by atoms with Gasteiger partial charge in [-0.25, -0.2) is 0 Å². The molecule has 4 N–H and O–H groups in total. The molecule has 0 saturated carbocycles. The Balaban J connectivity index is 4.27. The fraction of sp³-hybridized carbons (Fsp3) is 0.750. The van der Waals surface area contributed by atoms with E-state index in [-0.39, 0.29) is 25.0 Å². The second-order valence-electron chi connectivity index (χ2n) is 4.24. The molecule has 0 spiro atoms. The lowest BCUT2D eigenvalue weighted by molar-refractivity contribution is -0.144. The first-order valence-electron chi connectivity index (χ1n) is 6.34. The van der Waals surface area contributed by atoms with Crippen molar-refractivity contribution in [1.29, 1.82) is 0 Å². The van der Waals surface area contributed by atoms with Crippen LogP contribution in [0.3, 0.4) is 0 Å². The minimum Gasteiger partial charge on any atom is -0.481 e. The predicted octanol–water partition coefficient (Wildman–Crippen LogP) is 0.0265. The zero-order chi connectivity index (χ0) is 14.8. The highest BCUT2D eigenvalue weighted by Gasteiger charge is 2.20. The average Bonchev–Trinajstić information content (AvgIpc) is 2.34. The van der Waals surface area contributed by atoms with Crippen LogP contribution in [-0.2, 0) is 19.1 Å². The van der Waals surface area contributed by atoms with Crippen LogP contribution in [0.2, 0.25) is 0 Å². The monoisotopic (exact) mass is 274 g/mol. The Morgan fingerprint density at radius 1 is 1.32 bits per heavy atom. The van der Waals surface area contributed by atoms with Crippen LogP contribution in [0.5, 0.6) is 0 Å². The second kappa shape index (κ2) is 9.32. The van der Waals surface area contributed by atoms with Gasteiger partial charge in [0.15, 0.2) is 0 Å². The van der Waals surface area contributed by atoms with Gasteiger partial charge in [0, 0.05) is 6.42 Å². The van der Waals surface area contributed by atoms with Gasteiger partial charge < -0.3 is 20.9 Å². The summed E-state index contributed by atoms with van der Waals surface area (Å²) in [5, 5.41) is 11.1. The maximum Gasteiger partial charge on any atom is 0.305 e. The number of carbonyl (C=O) groups excluding carboxylic acids is 2. The molecule has 7 nitrogen and oxygen atoms in total. The Morgan fingerprint density at radius 3 is 2.42 bits per heavy atom. The van der Waals surface area contributed by atoms with Crippen molar-refractivity contribution >= 4 is 17.8 Å². The Kier molecular flexibility index (Phi) is 8.52. The normalized spacial score (nSPS) is 13.4. The number of rotatable bonds is 9. The van der Waals surface area contributed by atoms with Gasteiger partial charge in [0.05, 0.1) is 18.5 Å². The summed E-state index contributed by atoms with van der Waals surface area (Å²) in [7, 11) is 0. The fourth-order valence-corrected chi connectivity index (χ4v) is 1.43.